The highest BCUT2D eigenvalue weighted by molar-refractivity contribution is 6.20. The topological polar surface area (TPSA) is 228 Å². The molecular formula is C33H28O13. The van der Waals surface area contributed by atoms with E-state index in [4.69, 9.17) is 0 Å². The molecule has 0 aliphatic rings. The summed E-state index contributed by atoms with van der Waals surface area (Å²) >= 11 is 0. The smallest absolute Gasteiger partial charge is 0.342 e. The van der Waals surface area contributed by atoms with E-state index in [-0.39, 0.29) is 22.3 Å². The van der Waals surface area contributed by atoms with E-state index in [1.807, 2.05) is 0 Å². The molecule has 0 saturated heterocycles. The Morgan fingerprint density at radius 1 is 0.543 bits per heavy atom. The van der Waals surface area contributed by atoms with Crippen molar-refractivity contribution in [3.63, 3.8) is 0 Å². The number of rotatable bonds is 8. The summed E-state index contributed by atoms with van der Waals surface area (Å²) in [6, 6.07) is 7.71. The van der Waals surface area contributed by atoms with Crippen LogP contribution >= 0.6 is 0 Å². The summed E-state index contributed by atoms with van der Waals surface area (Å²) < 4.78 is 9.27. The van der Waals surface area contributed by atoms with Gasteiger partial charge in [-0.2, -0.15) is 0 Å². The number of ketones is 2. The summed E-state index contributed by atoms with van der Waals surface area (Å²) in [5, 5.41) is 75.0. The summed E-state index contributed by atoms with van der Waals surface area (Å²) in [4.78, 5) is 52.0. The molecule has 0 heterocycles. The van der Waals surface area contributed by atoms with Gasteiger partial charge in [0, 0.05) is 23.1 Å². The summed E-state index contributed by atoms with van der Waals surface area (Å²) in [5.74, 6) is -9.60. The molecule has 0 aliphatic carbocycles. The summed E-state index contributed by atoms with van der Waals surface area (Å²) in [5.41, 5.74) is -3.41. The van der Waals surface area contributed by atoms with Gasteiger partial charge in [0.05, 0.1) is 19.8 Å². The lowest BCUT2D eigenvalue weighted by Gasteiger charge is -2.19. The largest absolute Gasteiger partial charge is 0.507 e. The van der Waals surface area contributed by atoms with Gasteiger partial charge in [-0.1, -0.05) is 6.07 Å². The van der Waals surface area contributed by atoms with Gasteiger partial charge in [0.1, 0.15) is 62.5 Å². The molecule has 13 heteroatoms. The zero-order valence-electron chi connectivity index (χ0n) is 24.8. The molecule has 0 fully saturated rings. The third-order valence-electron chi connectivity index (χ3n) is 7.48. The van der Waals surface area contributed by atoms with Crippen LogP contribution in [-0.2, 0) is 15.9 Å². The van der Waals surface area contributed by atoms with Gasteiger partial charge in [-0.25, -0.2) is 9.59 Å². The summed E-state index contributed by atoms with van der Waals surface area (Å²) in [7, 11) is 2.01. The fourth-order valence-corrected chi connectivity index (χ4v) is 5.14. The number of carbonyl (C=O) groups excluding carboxylic acids is 4. The maximum absolute atomic E-state index is 13.7. The lowest BCUT2D eigenvalue weighted by atomic mass is 9.87. The molecule has 0 atom stereocenters. The van der Waals surface area contributed by atoms with Crippen LogP contribution in [0.15, 0.2) is 42.5 Å². The highest BCUT2D eigenvalue weighted by Gasteiger charge is 2.33. The Balaban J connectivity index is 1.90. The van der Waals surface area contributed by atoms with E-state index in [0.717, 1.165) is 44.6 Å². The van der Waals surface area contributed by atoms with Crippen molar-refractivity contribution in [2.24, 2.45) is 0 Å². The third kappa shape index (κ3) is 5.45. The zero-order chi connectivity index (χ0) is 34.2. The number of hydrogen-bond donors (Lipinski definition) is 7. The molecule has 13 nitrogen and oxygen atoms in total. The van der Waals surface area contributed by atoms with Gasteiger partial charge in [0.2, 0.25) is 11.6 Å². The standard InChI is InChI=1S/C33H28O13/c1-13-10-21(37)26(28(39)15-6-5-7-18(34)23(15)32(43)45-3)29(40)16(13)12-17-14(2)11-22(38)27(30(17)41)31(42)24-19(35)8-9-20(36)25(24)33(44)46-4/h5-11,34-38,40-41H,12H2,1-4H3. The van der Waals surface area contributed by atoms with Crippen LogP contribution in [0.4, 0.5) is 0 Å². The summed E-state index contributed by atoms with van der Waals surface area (Å²) in [6.07, 6.45) is -0.393. The van der Waals surface area contributed by atoms with E-state index in [2.05, 4.69) is 9.47 Å². The molecule has 0 amide bonds. The van der Waals surface area contributed by atoms with Crippen LogP contribution in [0.3, 0.4) is 0 Å². The number of phenolic OH excluding ortho intramolecular Hbond substituents is 7. The molecule has 0 unspecified atom stereocenters. The Bertz CT molecular complexity index is 1960. The number of phenols is 7. The molecule has 4 aromatic carbocycles. The fourth-order valence-electron chi connectivity index (χ4n) is 5.14. The van der Waals surface area contributed by atoms with Crippen LogP contribution in [0.5, 0.6) is 40.2 Å². The molecule has 7 N–H and O–H groups in total. The average Bonchev–Trinajstić information content (AvgIpc) is 3.00. The monoisotopic (exact) mass is 632 g/mol. The maximum atomic E-state index is 13.7. The van der Waals surface area contributed by atoms with Crippen LogP contribution < -0.4 is 0 Å². The van der Waals surface area contributed by atoms with Gasteiger partial charge < -0.3 is 45.2 Å². The molecule has 0 aromatic heterocycles. The normalized spacial score (nSPS) is 10.8. The SMILES string of the molecule is COC(=O)c1c(O)cccc1C(=O)c1c(O)cc(C)c(Cc2c(C)cc(O)c(C(=O)c3c(O)ccc(O)c3C(=O)OC)c2O)c1O. The first-order valence-electron chi connectivity index (χ1n) is 13.4. The van der Waals surface area contributed by atoms with Gasteiger partial charge in [-0.3, -0.25) is 9.59 Å². The Kier molecular flexibility index (Phi) is 8.81. The Hall–Kier alpha value is -6.24. The lowest BCUT2D eigenvalue weighted by Crippen LogP contribution is -2.14. The molecule has 0 bridgehead atoms. The third-order valence-corrected chi connectivity index (χ3v) is 7.48. The molecule has 0 spiro atoms. The summed E-state index contributed by atoms with van der Waals surface area (Å²) in [6.45, 7) is 2.94. The van der Waals surface area contributed by atoms with Crippen molar-refractivity contribution >= 4 is 23.5 Å². The van der Waals surface area contributed by atoms with Crippen molar-refractivity contribution < 1.29 is 64.4 Å². The Morgan fingerprint density at radius 3 is 1.48 bits per heavy atom. The van der Waals surface area contributed by atoms with Crippen LogP contribution in [0.2, 0.25) is 0 Å². The van der Waals surface area contributed by atoms with Crippen molar-refractivity contribution in [2.45, 2.75) is 20.3 Å². The maximum Gasteiger partial charge on any atom is 0.342 e. The predicted molar refractivity (Wildman–Crippen MR) is 159 cm³/mol. The second kappa shape index (κ2) is 12.4. The van der Waals surface area contributed by atoms with Gasteiger partial charge >= 0.3 is 11.9 Å². The molecular weight excluding hydrogens is 604 g/mol. The van der Waals surface area contributed by atoms with E-state index in [1.165, 1.54) is 26.0 Å². The number of aromatic hydroxyl groups is 7. The first-order chi connectivity index (χ1) is 21.7. The minimum atomic E-state index is -1.26. The second-order valence-corrected chi connectivity index (χ2v) is 10.2. The fraction of sp³-hybridized carbons (Fsp3) is 0.152. The number of aryl methyl sites for hydroxylation is 2. The number of hydrogen-bond acceptors (Lipinski definition) is 13. The van der Waals surface area contributed by atoms with E-state index < -0.39 is 104 Å². The number of esters is 2. The van der Waals surface area contributed by atoms with E-state index in [9.17, 15) is 54.9 Å². The lowest BCUT2D eigenvalue weighted by molar-refractivity contribution is 0.0585. The van der Waals surface area contributed by atoms with Gasteiger partial charge in [0.15, 0.2) is 0 Å². The average molecular weight is 633 g/mol. The molecule has 238 valence electrons. The zero-order valence-corrected chi connectivity index (χ0v) is 24.8. The van der Waals surface area contributed by atoms with E-state index in [1.54, 1.807) is 0 Å². The molecule has 4 rings (SSSR count). The van der Waals surface area contributed by atoms with E-state index >= 15 is 0 Å². The van der Waals surface area contributed by atoms with Crippen molar-refractivity contribution in [2.75, 3.05) is 14.2 Å². The quantitative estimate of drug-likeness (QED) is 0.0832. The molecule has 0 saturated carbocycles. The minimum absolute atomic E-state index is 0.0149. The molecule has 0 radical (unpaired) electrons. The van der Waals surface area contributed by atoms with Crippen LogP contribution in [0.25, 0.3) is 0 Å². The molecule has 4 aromatic rings. The van der Waals surface area contributed by atoms with Crippen molar-refractivity contribution in [1.29, 1.82) is 0 Å². The second-order valence-electron chi connectivity index (χ2n) is 10.2. The predicted octanol–water partition coefficient (Wildman–Crippen LogP) is 3.87. The number of methoxy groups -OCH3 is 2. The van der Waals surface area contributed by atoms with Crippen molar-refractivity contribution in [3.05, 3.63) is 98.1 Å². The van der Waals surface area contributed by atoms with Crippen LogP contribution in [0, 0.1) is 13.8 Å². The first-order valence-corrected chi connectivity index (χ1v) is 13.4. The highest BCUT2D eigenvalue weighted by atomic mass is 16.5. The first kappa shape index (κ1) is 32.7. The number of benzene rings is 4. The van der Waals surface area contributed by atoms with Gasteiger partial charge in [-0.15, -0.1) is 0 Å². The van der Waals surface area contributed by atoms with Crippen LogP contribution in [0.1, 0.15) is 74.8 Å². The van der Waals surface area contributed by atoms with Crippen molar-refractivity contribution in [3.8, 4) is 40.2 Å². The minimum Gasteiger partial charge on any atom is -0.507 e. The van der Waals surface area contributed by atoms with Crippen LogP contribution in [-0.4, -0.2) is 73.5 Å². The highest BCUT2D eigenvalue weighted by Crippen LogP contribution is 2.43. The van der Waals surface area contributed by atoms with Crippen molar-refractivity contribution in [1.82, 2.24) is 0 Å². The molecule has 46 heavy (non-hydrogen) atoms. The van der Waals surface area contributed by atoms with Gasteiger partial charge in [-0.05, 0) is 61.4 Å². The Morgan fingerprint density at radius 2 is 0.978 bits per heavy atom. The molecule has 0 aliphatic heterocycles. The van der Waals surface area contributed by atoms with E-state index in [0.29, 0.717) is 0 Å². The number of carbonyl (C=O) groups is 4. The van der Waals surface area contributed by atoms with Gasteiger partial charge in [0.25, 0.3) is 0 Å². The Labute approximate surface area is 260 Å². The number of ether oxygens (including phenoxy) is 2.